The van der Waals surface area contributed by atoms with Crippen LogP contribution in [0.4, 0.5) is 0 Å². The van der Waals surface area contributed by atoms with E-state index in [0.717, 1.165) is 19.3 Å². The Hall–Kier alpha value is -1.16. The SMILES string of the molecule is CNC1(C(=O)c2cn(C)cn2)CCC1. The maximum absolute atomic E-state index is 12.1. The summed E-state index contributed by atoms with van der Waals surface area (Å²) >= 11 is 0. The molecule has 0 aliphatic heterocycles. The highest BCUT2D eigenvalue weighted by atomic mass is 16.1. The zero-order valence-electron chi connectivity index (χ0n) is 8.58. The third-order valence-electron chi connectivity index (χ3n) is 3.06. The van der Waals surface area contributed by atoms with Crippen molar-refractivity contribution in [2.45, 2.75) is 24.8 Å². The molecule has 0 aromatic carbocycles. The van der Waals surface area contributed by atoms with Gasteiger partial charge < -0.3 is 9.88 Å². The van der Waals surface area contributed by atoms with E-state index in [1.54, 1.807) is 17.1 Å². The number of aromatic nitrogens is 2. The summed E-state index contributed by atoms with van der Waals surface area (Å²) in [7, 11) is 3.72. The first kappa shape index (κ1) is 9.40. The van der Waals surface area contributed by atoms with Gasteiger partial charge in [0.15, 0.2) is 0 Å². The lowest BCUT2D eigenvalue weighted by atomic mass is 9.73. The largest absolute Gasteiger partial charge is 0.340 e. The van der Waals surface area contributed by atoms with Crippen LogP contribution in [-0.2, 0) is 7.05 Å². The molecule has 1 saturated carbocycles. The highest BCUT2D eigenvalue weighted by Gasteiger charge is 2.43. The lowest BCUT2D eigenvalue weighted by Gasteiger charge is -2.39. The van der Waals surface area contributed by atoms with Gasteiger partial charge in [-0.15, -0.1) is 0 Å². The van der Waals surface area contributed by atoms with E-state index < -0.39 is 0 Å². The third-order valence-corrected chi connectivity index (χ3v) is 3.06. The molecular formula is C10H15N3O. The second-order valence-electron chi connectivity index (χ2n) is 3.94. The molecule has 0 unspecified atom stereocenters. The van der Waals surface area contributed by atoms with E-state index in [9.17, 15) is 4.79 Å². The van der Waals surface area contributed by atoms with Crippen molar-refractivity contribution in [3.8, 4) is 0 Å². The van der Waals surface area contributed by atoms with Crippen molar-refractivity contribution in [2.24, 2.45) is 7.05 Å². The summed E-state index contributed by atoms with van der Waals surface area (Å²) < 4.78 is 1.80. The topological polar surface area (TPSA) is 46.9 Å². The van der Waals surface area contributed by atoms with Gasteiger partial charge in [-0.05, 0) is 26.3 Å². The molecule has 1 aromatic heterocycles. The number of hydrogen-bond acceptors (Lipinski definition) is 3. The second-order valence-corrected chi connectivity index (χ2v) is 3.94. The fourth-order valence-corrected chi connectivity index (χ4v) is 1.90. The fraction of sp³-hybridized carbons (Fsp3) is 0.600. The van der Waals surface area contributed by atoms with Crippen molar-refractivity contribution < 1.29 is 4.79 Å². The lowest BCUT2D eigenvalue weighted by molar-refractivity contribution is 0.0740. The van der Waals surface area contributed by atoms with Crippen molar-refractivity contribution >= 4 is 5.78 Å². The Kier molecular flexibility index (Phi) is 2.15. The van der Waals surface area contributed by atoms with Crippen molar-refractivity contribution in [1.82, 2.24) is 14.9 Å². The molecule has 0 spiro atoms. The molecule has 1 aromatic rings. The molecule has 2 rings (SSSR count). The van der Waals surface area contributed by atoms with Crippen molar-refractivity contribution in [1.29, 1.82) is 0 Å². The molecule has 0 bridgehead atoms. The van der Waals surface area contributed by atoms with Crippen molar-refractivity contribution in [3.63, 3.8) is 0 Å². The molecule has 1 aliphatic carbocycles. The van der Waals surface area contributed by atoms with Crippen molar-refractivity contribution in [2.75, 3.05) is 7.05 Å². The molecular weight excluding hydrogens is 178 g/mol. The first-order chi connectivity index (χ1) is 6.68. The lowest BCUT2D eigenvalue weighted by Crippen LogP contribution is -2.55. The predicted octanol–water partition coefficient (Wildman–Crippen LogP) is 0.745. The Balaban J connectivity index is 2.23. The molecule has 0 radical (unpaired) electrons. The van der Waals surface area contributed by atoms with Gasteiger partial charge in [0, 0.05) is 13.2 Å². The monoisotopic (exact) mass is 193 g/mol. The highest BCUT2D eigenvalue weighted by molar-refractivity contribution is 6.02. The predicted molar refractivity (Wildman–Crippen MR) is 53.2 cm³/mol. The molecule has 4 nitrogen and oxygen atoms in total. The van der Waals surface area contributed by atoms with Crippen LogP contribution in [-0.4, -0.2) is 27.9 Å². The molecule has 0 saturated heterocycles. The first-order valence-electron chi connectivity index (χ1n) is 4.90. The number of aryl methyl sites for hydroxylation is 1. The summed E-state index contributed by atoms with van der Waals surface area (Å²) in [5.41, 5.74) is 0.246. The van der Waals surface area contributed by atoms with Crippen LogP contribution in [0.1, 0.15) is 29.8 Å². The van der Waals surface area contributed by atoms with Gasteiger partial charge in [-0.1, -0.05) is 0 Å². The van der Waals surface area contributed by atoms with Crippen LogP contribution in [0.3, 0.4) is 0 Å². The van der Waals surface area contributed by atoms with Gasteiger partial charge in [0.2, 0.25) is 5.78 Å². The smallest absolute Gasteiger partial charge is 0.202 e. The minimum absolute atomic E-state index is 0.131. The van der Waals surface area contributed by atoms with E-state index in [4.69, 9.17) is 0 Å². The van der Waals surface area contributed by atoms with Crippen LogP contribution in [0.5, 0.6) is 0 Å². The van der Waals surface area contributed by atoms with E-state index in [1.165, 1.54) is 0 Å². The average molecular weight is 193 g/mol. The van der Waals surface area contributed by atoms with Crippen LogP contribution < -0.4 is 5.32 Å². The Labute approximate surface area is 83.3 Å². The summed E-state index contributed by atoms with van der Waals surface area (Å²) in [5, 5.41) is 3.12. The van der Waals surface area contributed by atoms with Crippen LogP contribution in [0.2, 0.25) is 0 Å². The maximum Gasteiger partial charge on any atom is 0.202 e. The molecule has 1 aliphatic rings. The van der Waals surface area contributed by atoms with Gasteiger partial charge in [0.1, 0.15) is 5.69 Å². The molecule has 0 atom stereocenters. The van der Waals surface area contributed by atoms with E-state index in [0.29, 0.717) is 5.69 Å². The number of nitrogens with one attached hydrogen (secondary N) is 1. The quantitative estimate of drug-likeness (QED) is 0.720. The van der Waals surface area contributed by atoms with E-state index in [2.05, 4.69) is 10.3 Å². The number of Topliss-reactive ketones (excluding diaryl/α,β-unsaturated/α-hetero) is 1. The minimum atomic E-state index is -0.325. The minimum Gasteiger partial charge on any atom is -0.340 e. The average Bonchev–Trinajstić information content (AvgIpc) is 2.50. The third kappa shape index (κ3) is 1.26. The number of hydrogen-bond donors (Lipinski definition) is 1. The Bertz CT molecular complexity index is 346. The van der Waals surface area contributed by atoms with Gasteiger partial charge in [0.25, 0.3) is 0 Å². The number of imidazole rings is 1. The molecule has 1 heterocycles. The van der Waals surface area contributed by atoms with Crippen LogP contribution in [0.25, 0.3) is 0 Å². The molecule has 4 heteroatoms. The van der Waals surface area contributed by atoms with E-state index in [-0.39, 0.29) is 11.3 Å². The summed E-state index contributed by atoms with van der Waals surface area (Å²) in [6, 6.07) is 0. The van der Waals surface area contributed by atoms with Gasteiger partial charge >= 0.3 is 0 Å². The van der Waals surface area contributed by atoms with E-state index >= 15 is 0 Å². The number of ketones is 1. The van der Waals surface area contributed by atoms with Gasteiger partial charge in [0.05, 0.1) is 11.9 Å². The van der Waals surface area contributed by atoms with Crippen molar-refractivity contribution in [3.05, 3.63) is 18.2 Å². The standard InChI is InChI=1S/C10H15N3O/c1-11-10(4-3-5-10)9(14)8-6-13(2)7-12-8/h6-7,11H,3-5H2,1-2H3. The Morgan fingerprint density at radius 3 is 2.71 bits per heavy atom. The number of rotatable bonds is 3. The van der Waals surface area contributed by atoms with Crippen LogP contribution in [0.15, 0.2) is 12.5 Å². The zero-order valence-corrected chi connectivity index (χ0v) is 8.58. The van der Waals surface area contributed by atoms with Gasteiger partial charge in [-0.25, -0.2) is 4.98 Å². The summed E-state index contributed by atoms with van der Waals surface area (Å²) in [5.74, 6) is 0.131. The molecule has 1 fully saturated rings. The number of likely N-dealkylation sites (N-methyl/N-ethyl adjacent to an activating group) is 1. The second kappa shape index (κ2) is 3.20. The van der Waals surface area contributed by atoms with Gasteiger partial charge in [-0.2, -0.15) is 0 Å². The highest BCUT2D eigenvalue weighted by Crippen LogP contribution is 2.34. The number of carbonyl (C=O) groups is 1. The van der Waals surface area contributed by atoms with Crippen LogP contribution in [0, 0.1) is 0 Å². The van der Waals surface area contributed by atoms with E-state index in [1.807, 2.05) is 14.1 Å². The fourth-order valence-electron chi connectivity index (χ4n) is 1.90. The number of nitrogens with zero attached hydrogens (tertiary/aromatic N) is 2. The zero-order chi connectivity index (χ0) is 10.2. The molecule has 0 amide bonds. The normalized spacial score (nSPS) is 19.0. The Morgan fingerprint density at radius 1 is 1.64 bits per heavy atom. The number of carbonyl (C=O) groups excluding carboxylic acids is 1. The molecule has 1 N–H and O–H groups in total. The summed E-state index contributed by atoms with van der Waals surface area (Å²) in [6.45, 7) is 0. The summed E-state index contributed by atoms with van der Waals surface area (Å²) in [6.07, 6.45) is 6.42. The summed E-state index contributed by atoms with van der Waals surface area (Å²) in [4.78, 5) is 16.1. The first-order valence-corrected chi connectivity index (χ1v) is 4.90. The molecule has 76 valence electrons. The Morgan fingerprint density at radius 2 is 2.36 bits per heavy atom. The van der Waals surface area contributed by atoms with Gasteiger partial charge in [-0.3, -0.25) is 4.79 Å². The molecule has 14 heavy (non-hydrogen) atoms. The van der Waals surface area contributed by atoms with Crippen LogP contribution >= 0.6 is 0 Å². The maximum atomic E-state index is 12.1.